The highest BCUT2D eigenvalue weighted by molar-refractivity contribution is 5.99. The molecule has 182 valence electrons. The largest absolute Gasteiger partial charge is 0.466 e. The highest BCUT2D eigenvalue weighted by atomic mass is 16.5. The molecule has 0 saturated carbocycles. The summed E-state index contributed by atoms with van der Waals surface area (Å²) in [5, 5.41) is 7.48. The third kappa shape index (κ3) is 5.77. The van der Waals surface area contributed by atoms with Crippen LogP contribution in [0.3, 0.4) is 0 Å². The molecule has 0 aliphatic carbocycles. The Morgan fingerprint density at radius 2 is 1.91 bits per heavy atom. The molecule has 2 aliphatic rings. The number of hydrazine groups is 1. The van der Waals surface area contributed by atoms with Crippen LogP contribution < -0.4 is 10.6 Å². The van der Waals surface area contributed by atoms with E-state index in [0.717, 1.165) is 5.01 Å². The molecule has 0 spiro atoms. The summed E-state index contributed by atoms with van der Waals surface area (Å²) >= 11 is 0. The average Bonchev–Trinajstić information content (AvgIpc) is 2.96. The summed E-state index contributed by atoms with van der Waals surface area (Å²) in [6.07, 6.45) is 0.924. The number of aldehydes is 1. The summed E-state index contributed by atoms with van der Waals surface area (Å²) in [5.74, 6) is -2.69. The highest BCUT2D eigenvalue weighted by Gasteiger charge is 2.44. The summed E-state index contributed by atoms with van der Waals surface area (Å²) < 4.78 is 4.82. The van der Waals surface area contributed by atoms with Crippen LogP contribution in [0, 0.1) is 0 Å². The van der Waals surface area contributed by atoms with Gasteiger partial charge in [0, 0.05) is 18.5 Å². The molecular formula is C23H28N4O7. The van der Waals surface area contributed by atoms with Crippen LogP contribution in [-0.4, -0.2) is 77.2 Å². The Bertz CT molecular complexity index is 952. The Morgan fingerprint density at radius 3 is 2.59 bits per heavy atom. The molecule has 2 saturated heterocycles. The molecule has 4 amide bonds. The molecule has 3 rings (SSSR count). The monoisotopic (exact) mass is 472 g/mol. The number of amides is 4. The number of nitrogens with zero attached hydrogens (tertiary/aromatic N) is 2. The lowest BCUT2D eigenvalue weighted by molar-refractivity contribution is -0.176. The van der Waals surface area contributed by atoms with Crippen LogP contribution in [-0.2, 0) is 28.7 Å². The molecule has 34 heavy (non-hydrogen) atoms. The second kappa shape index (κ2) is 11.4. The van der Waals surface area contributed by atoms with E-state index in [2.05, 4.69) is 10.6 Å². The maximum atomic E-state index is 13.4. The first kappa shape index (κ1) is 24.9. The minimum absolute atomic E-state index is 0.0239. The first-order chi connectivity index (χ1) is 16.3. The quantitative estimate of drug-likeness (QED) is 0.399. The number of ether oxygens (including phenoxy) is 1. The van der Waals surface area contributed by atoms with Crippen molar-refractivity contribution in [1.82, 2.24) is 20.7 Å². The van der Waals surface area contributed by atoms with Gasteiger partial charge in [-0.3, -0.25) is 29.0 Å². The van der Waals surface area contributed by atoms with Crippen molar-refractivity contribution in [2.45, 2.75) is 57.2 Å². The van der Waals surface area contributed by atoms with E-state index in [9.17, 15) is 28.8 Å². The molecule has 2 aliphatic heterocycles. The van der Waals surface area contributed by atoms with Crippen molar-refractivity contribution in [1.29, 1.82) is 0 Å². The van der Waals surface area contributed by atoms with Crippen LogP contribution in [0.1, 0.15) is 49.4 Å². The van der Waals surface area contributed by atoms with Gasteiger partial charge in [0.05, 0.1) is 19.1 Å². The van der Waals surface area contributed by atoms with Crippen molar-refractivity contribution in [3.63, 3.8) is 0 Å². The van der Waals surface area contributed by atoms with Crippen molar-refractivity contribution in [3.8, 4) is 0 Å². The van der Waals surface area contributed by atoms with Crippen molar-refractivity contribution in [2.75, 3.05) is 13.2 Å². The zero-order valence-electron chi connectivity index (χ0n) is 18.9. The molecule has 2 heterocycles. The van der Waals surface area contributed by atoms with Crippen molar-refractivity contribution in [3.05, 3.63) is 35.9 Å². The van der Waals surface area contributed by atoms with Crippen molar-refractivity contribution < 1.29 is 33.5 Å². The summed E-state index contributed by atoms with van der Waals surface area (Å²) in [7, 11) is 0. The molecule has 0 radical (unpaired) electrons. The van der Waals surface area contributed by atoms with Crippen LogP contribution in [0.4, 0.5) is 0 Å². The van der Waals surface area contributed by atoms with E-state index in [1.807, 2.05) is 0 Å². The van der Waals surface area contributed by atoms with Gasteiger partial charge >= 0.3 is 5.97 Å². The fraction of sp³-hybridized carbons (Fsp3) is 0.478. The SMILES string of the molecule is CCOC(=O)CC(C=O)NC(=O)C1CCCN2C(=O)CCC(NC(=O)c3ccccc3)C(=O)N12. The number of carbonyl (C=O) groups excluding carboxylic acids is 6. The molecule has 1 aromatic carbocycles. The zero-order valence-corrected chi connectivity index (χ0v) is 18.9. The molecule has 11 heteroatoms. The van der Waals surface area contributed by atoms with Crippen LogP contribution in [0.5, 0.6) is 0 Å². The van der Waals surface area contributed by atoms with Crippen LogP contribution in [0.15, 0.2) is 30.3 Å². The highest BCUT2D eigenvalue weighted by Crippen LogP contribution is 2.25. The second-order valence-electron chi connectivity index (χ2n) is 8.05. The summed E-state index contributed by atoms with van der Waals surface area (Å²) in [5.41, 5.74) is 0.364. The van der Waals surface area contributed by atoms with E-state index in [0.29, 0.717) is 18.3 Å². The average molecular weight is 472 g/mol. The number of nitrogens with one attached hydrogen (secondary N) is 2. The van der Waals surface area contributed by atoms with Gasteiger partial charge < -0.3 is 20.2 Å². The smallest absolute Gasteiger partial charge is 0.308 e. The van der Waals surface area contributed by atoms with Gasteiger partial charge in [-0.15, -0.1) is 0 Å². The third-order valence-corrected chi connectivity index (χ3v) is 5.69. The summed E-state index contributed by atoms with van der Waals surface area (Å²) in [6, 6.07) is 5.16. The number of rotatable bonds is 8. The first-order valence-electron chi connectivity index (χ1n) is 11.3. The predicted molar refractivity (Wildman–Crippen MR) is 118 cm³/mol. The molecular weight excluding hydrogens is 444 g/mol. The third-order valence-electron chi connectivity index (χ3n) is 5.69. The topological polar surface area (TPSA) is 142 Å². The van der Waals surface area contributed by atoms with Crippen molar-refractivity contribution >= 4 is 35.9 Å². The minimum atomic E-state index is -1.13. The lowest BCUT2D eigenvalue weighted by atomic mass is 10.0. The van der Waals surface area contributed by atoms with Crippen LogP contribution >= 0.6 is 0 Å². The number of esters is 1. The van der Waals surface area contributed by atoms with E-state index in [1.54, 1.807) is 37.3 Å². The fourth-order valence-corrected chi connectivity index (χ4v) is 4.05. The van der Waals surface area contributed by atoms with Crippen LogP contribution in [0.2, 0.25) is 0 Å². The van der Waals surface area contributed by atoms with E-state index < -0.39 is 41.8 Å². The molecule has 0 aromatic heterocycles. The second-order valence-corrected chi connectivity index (χ2v) is 8.05. The molecule has 11 nitrogen and oxygen atoms in total. The van der Waals surface area contributed by atoms with Gasteiger partial charge in [0.1, 0.15) is 18.4 Å². The maximum Gasteiger partial charge on any atom is 0.308 e. The van der Waals surface area contributed by atoms with Gasteiger partial charge in [0.2, 0.25) is 11.8 Å². The number of fused-ring (bicyclic) bond motifs is 1. The van der Waals surface area contributed by atoms with Gasteiger partial charge in [0.15, 0.2) is 0 Å². The van der Waals surface area contributed by atoms with E-state index in [1.165, 1.54) is 5.01 Å². The summed E-state index contributed by atoms with van der Waals surface area (Å²) in [6.45, 7) is 2.02. The first-order valence-corrected chi connectivity index (χ1v) is 11.3. The Balaban J connectivity index is 1.77. The number of benzene rings is 1. The number of carbonyl (C=O) groups is 6. The number of hydrogen-bond donors (Lipinski definition) is 2. The Hall–Kier alpha value is -3.76. The Kier molecular flexibility index (Phi) is 8.34. The van der Waals surface area contributed by atoms with Gasteiger partial charge in [0.25, 0.3) is 11.8 Å². The van der Waals surface area contributed by atoms with E-state index >= 15 is 0 Å². The van der Waals surface area contributed by atoms with Crippen LogP contribution in [0.25, 0.3) is 0 Å². The molecule has 1 aromatic rings. The number of hydrogen-bond acceptors (Lipinski definition) is 7. The molecule has 3 unspecified atom stereocenters. The van der Waals surface area contributed by atoms with Gasteiger partial charge in [-0.05, 0) is 38.3 Å². The normalized spacial score (nSPS) is 21.1. The lowest BCUT2D eigenvalue weighted by Crippen LogP contribution is -2.64. The van der Waals surface area contributed by atoms with Gasteiger partial charge in [-0.25, -0.2) is 5.01 Å². The van der Waals surface area contributed by atoms with Gasteiger partial charge in [-0.1, -0.05) is 18.2 Å². The fourth-order valence-electron chi connectivity index (χ4n) is 4.05. The van der Waals surface area contributed by atoms with E-state index in [4.69, 9.17) is 4.74 Å². The van der Waals surface area contributed by atoms with E-state index in [-0.39, 0.29) is 44.7 Å². The maximum absolute atomic E-state index is 13.4. The molecule has 0 bridgehead atoms. The zero-order chi connectivity index (χ0) is 24.7. The molecule has 3 atom stereocenters. The Morgan fingerprint density at radius 1 is 1.18 bits per heavy atom. The standard InChI is InChI=1S/C23H28N4O7/c1-2-34-20(30)13-16(14-28)24-22(32)18-9-6-12-26-19(29)11-10-17(23(33)27(18)26)25-21(31)15-7-4-3-5-8-15/h3-5,7-8,14,16-18H,2,6,9-13H2,1H3,(H,24,32)(H,25,31). The molecule has 2 fully saturated rings. The Labute approximate surface area is 196 Å². The summed E-state index contributed by atoms with van der Waals surface area (Å²) in [4.78, 5) is 74.9. The predicted octanol–water partition coefficient (Wildman–Crippen LogP) is -0.0497. The van der Waals surface area contributed by atoms with Gasteiger partial charge in [-0.2, -0.15) is 0 Å². The minimum Gasteiger partial charge on any atom is -0.466 e. The molecule has 2 N–H and O–H groups in total. The van der Waals surface area contributed by atoms with Crippen molar-refractivity contribution in [2.24, 2.45) is 0 Å². The lowest BCUT2D eigenvalue weighted by Gasteiger charge is -2.43.